The van der Waals surface area contributed by atoms with Crippen molar-refractivity contribution in [2.45, 2.75) is 20.0 Å². The summed E-state index contributed by atoms with van der Waals surface area (Å²) in [4.78, 5) is 0. The highest BCUT2D eigenvalue weighted by molar-refractivity contribution is 6.33. The van der Waals surface area contributed by atoms with Gasteiger partial charge in [-0.2, -0.15) is 0 Å². The van der Waals surface area contributed by atoms with E-state index in [1.165, 1.54) is 12.1 Å². The van der Waals surface area contributed by atoms with Crippen LogP contribution in [0.25, 0.3) is 0 Å². The van der Waals surface area contributed by atoms with Crippen LogP contribution in [-0.2, 0) is 0 Å². The molecular formula is C15H16ClFN2O. The molecule has 0 fully saturated rings. The third kappa shape index (κ3) is 3.54. The van der Waals surface area contributed by atoms with Gasteiger partial charge >= 0.3 is 0 Å². The van der Waals surface area contributed by atoms with Crippen molar-refractivity contribution in [1.82, 2.24) is 0 Å². The fraction of sp³-hybridized carbons (Fsp3) is 0.200. The lowest BCUT2D eigenvalue weighted by atomic mass is 10.2. The van der Waals surface area contributed by atoms with E-state index in [-0.39, 0.29) is 11.9 Å². The molecule has 3 nitrogen and oxygen atoms in total. The zero-order chi connectivity index (χ0) is 14.7. The molecule has 0 aliphatic heterocycles. The second kappa shape index (κ2) is 6.01. The average molecular weight is 295 g/mol. The summed E-state index contributed by atoms with van der Waals surface area (Å²) in [5, 5.41) is 3.42. The van der Waals surface area contributed by atoms with Crippen LogP contribution >= 0.6 is 11.6 Å². The Morgan fingerprint density at radius 3 is 2.60 bits per heavy atom. The summed E-state index contributed by atoms with van der Waals surface area (Å²) in [5.74, 6) is 0.227. The van der Waals surface area contributed by atoms with Gasteiger partial charge in [0.05, 0.1) is 22.5 Å². The Morgan fingerprint density at radius 1 is 1.20 bits per heavy atom. The van der Waals surface area contributed by atoms with E-state index >= 15 is 0 Å². The van der Waals surface area contributed by atoms with Crippen molar-refractivity contribution in [3.05, 3.63) is 47.2 Å². The molecule has 2 rings (SSSR count). The maximum Gasteiger partial charge on any atom is 0.144 e. The van der Waals surface area contributed by atoms with E-state index in [1.807, 2.05) is 19.9 Å². The van der Waals surface area contributed by atoms with Crippen molar-refractivity contribution in [1.29, 1.82) is 0 Å². The monoisotopic (exact) mass is 294 g/mol. The maximum absolute atomic E-state index is 13.0. The molecule has 0 unspecified atom stereocenters. The molecule has 0 bridgehead atoms. The Balaban J connectivity index is 2.25. The molecule has 0 amide bonds. The van der Waals surface area contributed by atoms with Crippen LogP contribution in [0.1, 0.15) is 13.8 Å². The highest BCUT2D eigenvalue weighted by Crippen LogP contribution is 2.31. The summed E-state index contributed by atoms with van der Waals surface area (Å²) in [6.07, 6.45) is 0.0296. The fourth-order valence-electron chi connectivity index (χ4n) is 1.71. The third-order valence-electron chi connectivity index (χ3n) is 2.59. The van der Waals surface area contributed by atoms with E-state index in [1.54, 1.807) is 18.2 Å². The molecule has 20 heavy (non-hydrogen) atoms. The molecule has 3 N–H and O–H groups in total. The molecule has 2 aromatic carbocycles. The van der Waals surface area contributed by atoms with Gasteiger partial charge in [-0.15, -0.1) is 0 Å². The number of halogens is 2. The van der Waals surface area contributed by atoms with Crippen molar-refractivity contribution >= 4 is 28.7 Å². The van der Waals surface area contributed by atoms with E-state index < -0.39 is 0 Å². The minimum Gasteiger partial charge on any atom is -0.489 e. The van der Waals surface area contributed by atoms with Crippen LogP contribution in [0.5, 0.6) is 5.75 Å². The van der Waals surface area contributed by atoms with Gasteiger partial charge in [0.1, 0.15) is 11.6 Å². The molecule has 0 atom stereocenters. The molecule has 2 aromatic rings. The molecule has 106 valence electrons. The summed E-state index contributed by atoms with van der Waals surface area (Å²) in [5.41, 5.74) is 7.80. The van der Waals surface area contributed by atoms with E-state index in [4.69, 9.17) is 22.1 Å². The molecule has 0 spiro atoms. The van der Waals surface area contributed by atoms with Gasteiger partial charge in [-0.25, -0.2) is 4.39 Å². The van der Waals surface area contributed by atoms with Gasteiger partial charge in [0.15, 0.2) is 0 Å². The molecule has 0 saturated carbocycles. The van der Waals surface area contributed by atoms with Crippen LogP contribution in [0, 0.1) is 5.82 Å². The van der Waals surface area contributed by atoms with E-state index in [0.29, 0.717) is 22.1 Å². The van der Waals surface area contributed by atoms with Crippen molar-refractivity contribution in [3.8, 4) is 5.75 Å². The van der Waals surface area contributed by atoms with Gasteiger partial charge < -0.3 is 15.8 Å². The van der Waals surface area contributed by atoms with Crippen LogP contribution in [0.15, 0.2) is 36.4 Å². The zero-order valence-electron chi connectivity index (χ0n) is 11.3. The molecular weight excluding hydrogens is 279 g/mol. The molecule has 0 radical (unpaired) electrons. The van der Waals surface area contributed by atoms with Gasteiger partial charge in [0, 0.05) is 11.8 Å². The SMILES string of the molecule is CC(C)Oc1cc(Nc2ccc(F)cc2Cl)ccc1N. The fourth-order valence-corrected chi connectivity index (χ4v) is 1.93. The first-order valence-corrected chi connectivity index (χ1v) is 6.62. The standard InChI is InChI=1S/C15H16ClFN2O/c1-9(2)20-15-8-11(4-5-13(15)18)19-14-6-3-10(17)7-12(14)16/h3-9,19H,18H2,1-2H3. The van der Waals surface area contributed by atoms with Crippen LogP contribution in [0.4, 0.5) is 21.5 Å². The molecule has 0 aliphatic rings. The van der Waals surface area contributed by atoms with Gasteiger partial charge in [-0.05, 0) is 44.2 Å². The summed E-state index contributed by atoms with van der Waals surface area (Å²) in [6, 6.07) is 9.52. The smallest absolute Gasteiger partial charge is 0.144 e. The lowest BCUT2D eigenvalue weighted by Gasteiger charge is -2.14. The molecule has 0 aliphatic carbocycles. The van der Waals surface area contributed by atoms with Crippen molar-refractivity contribution in [2.75, 3.05) is 11.1 Å². The van der Waals surface area contributed by atoms with E-state index in [0.717, 1.165) is 5.69 Å². The Bertz CT molecular complexity index is 617. The lowest BCUT2D eigenvalue weighted by Crippen LogP contribution is -2.07. The van der Waals surface area contributed by atoms with Gasteiger partial charge in [0.2, 0.25) is 0 Å². The first-order valence-electron chi connectivity index (χ1n) is 6.24. The zero-order valence-corrected chi connectivity index (χ0v) is 12.0. The second-order valence-electron chi connectivity index (χ2n) is 4.67. The number of nitrogens with one attached hydrogen (secondary N) is 1. The number of anilines is 3. The highest BCUT2D eigenvalue weighted by Gasteiger charge is 2.07. The number of nitrogens with two attached hydrogens (primary N) is 1. The van der Waals surface area contributed by atoms with Crippen LogP contribution in [-0.4, -0.2) is 6.10 Å². The molecule has 0 saturated heterocycles. The number of hydrogen-bond acceptors (Lipinski definition) is 3. The maximum atomic E-state index is 13.0. The predicted octanol–water partition coefficient (Wildman–Crippen LogP) is 4.59. The number of nitrogen functional groups attached to an aromatic ring is 1. The lowest BCUT2D eigenvalue weighted by molar-refractivity contribution is 0.244. The Morgan fingerprint density at radius 2 is 1.95 bits per heavy atom. The minimum absolute atomic E-state index is 0.0296. The molecule has 0 aromatic heterocycles. The number of ether oxygens (including phenoxy) is 1. The summed E-state index contributed by atoms with van der Waals surface area (Å²) in [6.45, 7) is 3.85. The Kier molecular flexibility index (Phi) is 4.35. The van der Waals surface area contributed by atoms with Crippen molar-refractivity contribution in [3.63, 3.8) is 0 Å². The number of hydrogen-bond donors (Lipinski definition) is 2. The Hall–Kier alpha value is -1.94. The number of rotatable bonds is 4. The Labute approximate surface area is 122 Å². The average Bonchev–Trinajstić information content (AvgIpc) is 2.36. The first kappa shape index (κ1) is 14.5. The predicted molar refractivity (Wildman–Crippen MR) is 81.3 cm³/mol. The van der Waals surface area contributed by atoms with Gasteiger partial charge in [0.25, 0.3) is 0 Å². The van der Waals surface area contributed by atoms with Gasteiger partial charge in [-0.1, -0.05) is 11.6 Å². The highest BCUT2D eigenvalue weighted by atomic mass is 35.5. The second-order valence-corrected chi connectivity index (χ2v) is 5.08. The largest absolute Gasteiger partial charge is 0.489 e. The summed E-state index contributed by atoms with van der Waals surface area (Å²) >= 11 is 5.98. The quantitative estimate of drug-likeness (QED) is 0.811. The number of benzene rings is 2. The van der Waals surface area contributed by atoms with Crippen LogP contribution < -0.4 is 15.8 Å². The van der Waals surface area contributed by atoms with Crippen LogP contribution in [0.3, 0.4) is 0 Å². The summed E-state index contributed by atoms with van der Waals surface area (Å²) in [7, 11) is 0. The summed E-state index contributed by atoms with van der Waals surface area (Å²) < 4.78 is 18.6. The minimum atomic E-state index is -0.373. The van der Waals surface area contributed by atoms with E-state index in [2.05, 4.69) is 5.32 Å². The topological polar surface area (TPSA) is 47.3 Å². The normalized spacial score (nSPS) is 10.7. The van der Waals surface area contributed by atoms with E-state index in [9.17, 15) is 4.39 Å². The van der Waals surface area contributed by atoms with Gasteiger partial charge in [-0.3, -0.25) is 0 Å². The molecule has 0 heterocycles. The van der Waals surface area contributed by atoms with Crippen molar-refractivity contribution in [2.24, 2.45) is 0 Å². The molecule has 5 heteroatoms. The van der Waals surface area contributed by atoms with Crippen molar-refractivity contribution < 1.29 is 9.13 Å². The third-order valence-corrected chi connectivity index (χ3v) is 2.90. The van der Waals surface area contributed by atoms with Crippen LogP contribution in [0.2, 0.25) is 5.02 Å². The first-order chi connectivity index (χ1) is 9.45.